The van der Waals surface area contributed by atoms with Crippen molar-refractivity contribution in [3.8, 4) is 11.7 Å². The summed E-state index contributed by atoms with van der Waals surface area (Å²) in [5.74, 6) is 0.832. The molecule has 0 saturated heterocycles. The van der Waals surface area contributed by atoms with Crippen LogP contribution >= 0.6 is 0 Å². The average molecular weight is 337 g/mol. The fourth-order valence-electron chi connectivity index (χ4n) is 2.27. The third kappa shape index (κ3) is 3.82. The van der Waals surface area contributed by atoms with Crippen LogP contribution in [0, 0.1) is 20.8 Å². The number of benzene rings is 1. The third-order valence-corrected chi connectivity index (χ3v) is 3.88. The number of anilines is 1. The average Bonchev–Trinajstić information content (AvgIpc) is 2.89. The van der Waals surface area contributed by atoms with Crippen molar-refractivity contribution in [1.82, 2.24) is 19.7 Å². The SMILES string of the molecule is Cc1nn(-c2ncc(NC(=O)COc3ccccc3)cn2)c(C)c1C. The summed E-state index contributed by atoms with van der Waals surface area (Å²) in [5.41, 5.74) is 3.55. The van der Waals surface area contributed by atoms with Gasteiger partial charge in [-0.25, -0.2) is 14.6 Å². The van der Waals surface area contributed by atoms with Crippen molar-refractivity contribution in [3.63, 3.8) is 0 Å². The van der Waals surface area contributed by atoms with Crippen LogP contribution in [-0.4, -0.2) is 32.3 Å². The van der Waals surface area contributed by atoms with Gasteiger partial charge >= 0.3 is 0 Å². The molecular weight excluding hydrogens is 318 g/mol. The summed E-state index contributed by atoms with van der Waals surface area (Å²) >= 11 is 0. The van der Waals surface area contributed by atoms with Gasteiger partial charge in [0.05, 0.1) is 23.8 Å². The van der Waals surface area contributed by atoms with Crippen molar-refractivity contribution in [3.05, 3.63) is 59.7 Å². The van der Waals surface area contributed by atoms with Crippen molar-refractivity contribution in [1.29, 1.82) is 0 Å². The molecule has 25 heavy (non-hydrogen) atoms. The Balaban J connectivity index is 1.62. The van der Waals surface area contributed by atoms with Crippen LogP contribution in [-0.2, 0) is 4.79 Å². The molecule has 3 aromatic rings. The summed E-state index contributed by atoms with van der Waals surface area (Å²) in [5, 5.41) is 7.12. The first-order chi connectivity index (χ1) is 12.0. The first-order valence-electron chi connectivity index (χ1n) is 7.87. The van der Waals surface area contributed by atoms with E-state index in [1.165, 1.54) is 0 Å². The van der Waals surface area contributed by atoms with Crippen LogP contribution < -0.4 is 10.1 Å². The molecule has 7 nitrogen and oxygen atoms in total. The minimum Gasteiger partial charge on any atom is -0.484 e. The predicted molar refractivity (Wildman–Crippen MR) is 93.9 cm³/mol. The molecule has 1 amide bonds. The van der Waals surface area contributed by atoms with Crippen LogP contribution in [0.3, 0.4) is 0 Å². The maximum absolute atomic E-state index is 11.9. The second-order valence-corrected chi connectivity index (χ2v) is 5.63. The van der Waals surface area contributed by atoms with E-state index in [0.29, 0.717) is 17.4 Å². The van der Waals surface area contributed by atoms with Crippen LogP contribution in [0.4, 0.5) is 5.69 Å². The van der Waals surface area contributed by atoms with Gasteiger partial charge in [0.15, 0.2) is 6.61 Å². The highest BCUT2D eigenvalue weighted by Gasteiger charge is 2.11. The van der Waals surface area contributed by atoms with E-state index in [-0.39, 0.29) is 12.5 Å². The van der Waals surface area contributed by atoms with Gasteiger partial charge in [0, 0.05) is 5.69 Å². The van der Waals surface area contributed by atoms with E-state index < -0.39 is 0 Å². The highest BCUT2D eigenvalue weighted by atomic mass is 16.5. The van der Waals surface area contributed by atoms with E-state index in [4.69, 9.17) is 4.74 Å². The van der Waals surface area contributed by atoms with Crippen LogP contribution in [0.5, 0.6) is 5.75 Å². The standard InChI is InChI=1S/C18H19N5O2/c1-12-13(2)22-23(14(12)3)18-19-9-15(10-20-18)21-17(24)11-25-16-7-5-4-6-8-16/h4-10H,11H2,1-3H3,(H,21,24). The molecule has 0 unspecified atom stereocenters. The van der Waals surface area contributed by atoms with E-state index in [1.54, 1.807) is 29.2 Å². The number of carbonyl (C=O) groups is 1. The van der Waals surface area contributed by atoms with Gasteiger partial charge in [0.25, 0.3) is 11.9 Å². The fourth-order valence-corrected chi connectivity index (χ4v) is 2.27. The largest absolute Gasteiger partial charge is 0.484 e. The Morgan fingerprint density at radius 1 is 1.12 bits per heavy atom. The topological polar surface area (TPSA) is 81.9 Å². The quantitative estimate of drug-likeness (QED) is 0.774. The first kappa shape index (κ1) is 16.6. The number of aromatic nitrogens is 4. The van der Waals surface area contributed by atoms with E-state index in [2.05, 4.69) is 20.4 Å². The van der Waals surface area contributed by atoms with Crippen LogP contribution in [0.2, 0.25) is 0 Å². The van der Waals surface area contributed by atoms with E-state index >= 15 is 0 Å². The number of para-hydroxylation sites is 1. The second kappa shape index (κ2) is 7.12. The van der Waals surface area contributed by atoms with E-state index in [0.717, 1.165) is 17.0 Å². The van der Waals surface area contributed by atoms with Gasteiger partial charge in [-0.2, -0.15) is 5.10 Å². The molecule has 0 radical (unpaired) electrons. The van der Waals surface area contributed by atoms with Gasteiger partial charge < -0.3 is 10.1 Å². The molecule has 0 fully saturated rings. The monoisotopic (exact) mass is 337 g/mol. The highest BCUT2D eigenvalue weighted by molar-refractivity contribution is 5.91. The Hall–Kier alpha value is -3.22. The Kier molecular flexibility index (Phi) is 4.74. The summed E-state index contributed by atoms with van der Waals surface area (Å²) in [6, 6.07) is 9.17. The van der Waals surface area contributed by atoms with Gasteiger partial charge in [0.1, 0.15) is 5.75 Å². The van der Waals surface area contributed by atoms with Crippen LogP contribution in [0.25, 0.3) is 5.95 Å². The van der Waals surface area contributed by atoms with E-state index in [1.807, 2.05) is 39.0 Å². The van der Waals surface area contributed by atoms with Gasteiger partial charge in [-0.05, 0) is 38.5 Å². The Morgan fingerprint density at radius 3 is 2.40 bits per heavy atom. The normalized spacial score (nSPS) is 10.5. The number of nitrogens with one attached hydrogen (secondary N) is 1. The molecule has 0 bridgehead atoms. The summed E-state index contributed by atoms with van der Waals surface area (Å²) in [6.45, 7) is 5.84. The predicted octanol–water partition coefficient (Wildman–Crippen LogP) is 2.61. The van der Waals surface area contributed by atoms with Crippen molar-refractivity contribution in [2.45, 2.75) is 20.8 Å². The number of hydrogen-bond donors (Lipinski definition) is 1. The summed E-state index contributed by atoms with van der Waals surface area (Å²) in [6.07, 6.45) is 3.10. The number of rotatable bonds is 5. The fraction of sp³-hybridized carbons (Fsp3) is 0.222. The molecule has 0 saturated carbocycles. The molecular formula is C18H19N5O2. The molecule has 0 atom stereocenters. The second-order valence-electron chi connectivity index (χ2n) is 5.63. The summed E-state index contributed by atoms with van der Waals surface area (Å²) in [7, 11) is 0. The van der Waals surface area contributed by atoms with Crippen molar-refractivity contribution >= 4 is 11.6 Å². The molecule has 0 aliphatic heterocycles. The smallest absolute Gasteiger partial charge is 0.262 e. The molecule has 1 N–H and O–H groups in total. The maximum Gasteiger partial charge on any atom is 0.262 e. The molecule has 3 rings (SSSR count). The van der Waals surface area contributed by atoms with Crippen molar-refractivity contribution < 1.29 is 9.53 Å². The number of ether oxygens (including phenoxy) is 1. The van der Waals surface area contributed by atoms with Gasteiger partial charge in [-0.1, -0.05) is 18.2 Å². The van der Waals surface area contributed by atoms with Crippen molar-refractivity contribution in [2.24, 2.45) is 0 Å². The zero-order valence-corrected chi connectivity index (χ0v) is 14.4. The number of aryl methyl sites for hydroxylation is 1. The molecule has 7 heteroatoms. The molecule has 128 valence electrons. The lowest BCUT2D eigenvalue weighted by Crippen LogP contribution is -2.20. The first-order valence-corrected chi connectivity index (χ1v) is 7.87. The third-order valence-electron chi connectivity index (χ3n) is 3.88. The lowest BCUT2D eigenvalue weighted by molar-refractivity contribution is -0.118. The lowest BCUT2D eigenvalue weighted by atomic mass is 10.2. The number of carbonyl (C=O) groups excluding carboxylic acids is 1. The Morgan fingerprint density at radius 2 is 1.80 bits per heavy atom. The Bertz CT molecular complexity index is 872. The lowest BCUT2D eigenvalue weighted by Gasteiger charge is -2.08. The van der Waals surface area contributed by atoms with E-state index in [9.17, 15) is 4.79 Å². The summed E-state index contributed by atoms with van der Waals surface area (Å²) in [4.78, 5) is 20.5. The molecule has 2 aromatic heterocycles. The van der Waals surface area contributed by atoms with Crippen LogP contribution in [0.1, 0.15) is 17.0 Å². The molecule has 2 heterocycles. The van der Waals surface area contributed by atoms with Gasteiger partial charge in [-0.3, -0.25) is 4.79 Å². The maximum atomic E-state index is 11.9. The van der Waals surface area contributed by atoms with Crippen LogP contribution in [0.15, 0.2) is 42.7 Å². The summed E-state index contributed by atoms with van der Waals surface area (Å²) < 4.78 is 7.09. The minimum atomic E-state index is -0.276. The molecule has 0 aliphatic carbocycles. The molecule has 0 spiro atoms. The minimum absolute atomic E-state index is 0.0809. The Labute approximate surface area is 145 Å². The molecule has 1 aromatic carbocycles. The van der Waals surface area contributed by atoms with Gasteiger partial charge in [0.2, 0.25) is 0 Å². The number of nitrogens with zero attached hydrogens (tertiary/aromatic N) is 4. The zero-order valence-electron chi connectivity index (χ0n) is 14.4. The number of amides is 1. The molecule has 0 aliphatic rings. The van der Waals surface area contributed by atoms with Crippen molar-refractivity contribution in [2.75, 3.05) is 11.9 Å². The van der Waals surface area contributed by atoms with Gasteiger partial charge in [-0.15, -0.1) is 0 Å². The highest BCUT2D eigenvalue weighted by Crippen LogP contribution is 2.15. The zero-order chi connectivity index (χ0) is 17.8. The number of hydrogen-bond acceptors (Lipinski definition) is 5.